The van der Waals surface area contributed by atoms with Crippen LogP contribution in [-0.2, 0) is 21.1 Å². The van der Waals surface area contributed by atoms with Gasteiger partial charge >= 0.3 is 12.1 Å². The van der Waals surface area contributed by atoms with E-state index >= 15 is 0 Å². The monoisotopic (exact) mass is 630 g/mol. The van der Waals surface area contributed by atoms with E-state index in [0.29, 0.717) is 37.5 Å². The van der Waals surface area contributed by atoms with Crippen molar-refractivity contribution in [1.82, 2.24) is 0 Å². The van der Waals surface area contributed by atoms with Crippen molar-refractivity contribution < 1.29 is 45.8 Å². The molecule has 43 heavy (non-hydrogen) atoms. The van der Waals surface area contributed by atoms with Crippen LogP contribution >= 0.6 is 0 Å². The van der Waals surface area contributed by atoms with Crippen molar-refractivity contribution in [3.8, 4) is 11.5 Å². The number of hydrogen-bond acceptors (Lipinski definition) is 5. The Hall–Kier alpha value is -2.24. The van der Waals surface area contributed by atoms with Gasteiger partial charge in [-0.3, -0.25) is 4.21 Å². The first-order chi connectivity index (χ1) is 20.3. The van der Waals surface area contributed by atoms with E-state index in [1.165, 1.54) is 0 Å². The Bertz CT molecular complexity index is 1270. The number of benzene rings is 2. The summed E-state index contributed by atoms with van der Waals surface area (Å²) < 4.78 is 86.9. The Labute approximate surface area is 251 Å². The van der Waals surface area contributed by atoms with E-state index in [-0.39, 0.29) is 34.7 Å². The number of epoxide rings is 1. The fourth-order valence-electron chi connectivity index (χ4n) is 7.25. The van der Waals surface area contributed by atoms with Gasteiger partial charge in [-0.05, 0) is 86.3 Å². The first kappa shape index (κ1) is 32.2. The quantitative estimate of drug-likeness (QED) is 0.139. The lowest BCUT2D eigenvalue weighted by Crippen LogP contribution is -2.47. The fraction of sp³-hybridized carbons (Fsp3) is 0.625. The topological polar surface area (TPSA) is 79.3 Å². The summed E-state index contributed by atoms with van der Waals surface area (Å²) in [6.45, 7) is 2.61. The number of ether oxygens (including phenoxy) is 2. The molecule has 0 spiro atoms. The minimum Gasteiger partial charge on any atom is -0.508 e. The lowest BCUT2D eigenvalue weighted by atomic mass is 9.56. The molecule has 0 radical (unpaired) electrons. The minimum atomic E-state index is -5.57. The van der Waals surface area contributed by atoms with Gasteiger partial charge < -0.3 is 19.7 Å². The standard InChI is InChI=1S/C32H39F5O5S/c1-29-23(10-15-26(29)39)20-30(22-8-11-24(38)12-9-22)28(42-30)27(29)21-6-13-25(14-7-21)41-17-3-2-4-18-43(40)19-5-16-31(33,34)32(35,36)37/h6-9,11-14,23,26-28,38-39H,2-5,10,15-20H2,1H3. The van der Waals surface area contributed by atoms with Gasteiger partial charge in [0.25, 0.3) is 0 Å². The van der Waals surface area contributed by atoms with Crippen LogP contribution in [0, 0.1) is 11.3 Å². The first-order valence-corrected chi connectivity index (χ1v) is 16.4. The second-order valence-corrected chi connectivity index (χ2v) is 14.1. The Morgan fingerprint density at radius 1 is 0.953 bits per heavy atom. The fourth-order valence-corrected chi connectivity index (χ4v) is 8.45. The molecule has 3 aliphatic rings. The predicted octanol–water partition coefficient (Wildman–Crippen LogP) is 7.23. The van der Waals surface area contributed by atoms with Gasteiger partial charge in [0.05, 0.1) is 18.8 Å². The van der Waals surface area contributed by atoms with Crippen molar-refractivity contribution >= 4 is 10.8 Å². The molecule has 2 aromatic rings. The van der Waals surface area contributed by atoms with Gasteiger partial charge in [-0.15, -0.1) is 0 Å². The number of unbranched alkanes of at least 4 members (excludes halogenated alkanes) is 2. The molecule has 2 aliphatic carbocycles. The van der Waals surface area contributed by atoms with Crippen LogP contribution in [0.4, 0.5) is 22.0 Å². The molecule has 0 amide bonds. The predicted molar refractivity (Wildman–Crippen MR) is 153 cm³/mol. The maximum absolute atomic E-state index is 13.0. The van der Waals surface area contributed by atoms with E-state index in [1.807, 2.05) is 36.4 Å². The summed E-state index contributed by atoms with van der Waals surface area (Å²) >= 11 is 0. The number of rotatable bonds is 13. The van der Waals surface area contributed by atoms with E-state index < -0.39 is 47.4 Å². The highest BCUT2D eigenvalue weighted by atomic mass is 32.2. The number of phenolic OH excluding ortho intramolecular Hbond substituents is 1. The van der Waals surface area contributed by atoms with Crippen LogP contribution in [-0.4, -0.2) is 56.8 Å². The zero-order valence-electron chi connectivity index (χ0n) is 24.1. The third kappa shape index (κ3) is 6.45. The van der Waals surface area contributed by atoms with Gasteiger partial charge in [-0.2, -0.15) is 22.0 Å². The molecular weight excluding hydrogens is 591 g/mol. The second-order valence-electron chi connectivity index (χ2n) is 12.4. The third-order valence-electron chi connectivity index (χ3n) is 9.81. The summed E-state index contributed by atoms with van der Waals surface area (Å²) in [5.41, 5.74) is 1.40. The van der Waals surface area contributed by atoms with Crippen LogP contribution in [0.5, 0.6) is 11.5 Å². The smallest absolute Gasteiger partial charge is 0.453 e. The largest absolute Gasteiger partial charge is 0.508 e. The molecule has 238 valence electrons. The van der Waals surface area contributed by atoms with Gasteiger partial charge in [-0.25, -0.2) is 0 Å². The highest BCUT2D eigenvalue weighted by Gasteiger charge is 2.72. The van der Waals surface area contributed by atoms with Crippen LogP contribution < -0.4 is 4.74 Å². The molecule has 2 aromatic carbocycles. The highest BCUT2D eigenvalue weighted by Crippen LogP contribution is 2.71. The molecular formula is C32H39F5O5S. The first-order valence-electron chi connectivity index (χ1n) is 15.0. The minimum absolute atomic E-state index is 0.00726. The van der Waals surface area contributed by atoms with Crippen molar-refractivity contribution in [3.05, 3.63) is 59.7 Å². The SMILES string of the molecule is CC12C(O)CCC1CC1(c3ccc(O)cc3)OC1C2c1ccc(OCCCCCS(=O)CCCC(F)(F)C(F)(F)F)cc1. The summed E-state index contributed by atoms with van der Waals surface area (Å²) in [7, 11) is -1.43. The van der Waals surface area contributed by atoms with E-state index in [1.54, 1.807) is 12.1 Å². The number of halogens is 5. The van der Waals surface area contributed by atoms with Gasteiger partial charge in [0.1, 0.15) is 17.1 Å². The Morgan fingerprint density at radius 3 is 2.30 bits per heavy atom. The van der Waals surface area contributed by atoms with Gasteiger partial charge in [0, 0.05) is 40.1 Å². The van der Waals surface area contributed by atoms with Crippen LogP contribution in [0.15, 0.2) is 48.5 Å². The summed E-state index contributed by atoms with van der Waals surface area (Å²) in [6, 6.07) is 15.1. The third-order valence-corrected chi connectivity index (χ3v) is 11.3. The zero-order valence-corrected chi connectivity index (χ0v) is 24.9. The van der Waals surface area contributed by atoms with E-state index in [9.17, 15) is 36.4 Å². The van der Waals surface area contributed by atoms with E-state index in [4.69, 9.17) is 9.47 Å². The lowest BCUT2D eigenvalue weighted by Gasteiger charge is -2.46. The van der Waals surface area contributed by atoms with Gasteiger partial charge in [-0.1, -0.05) is 31.2 Å². The molecule has 1 aliphatic heterocycles. The normalized spacial score (nSPS) is 30.9. The Morgan fingerprint density at radius 2 is 1.63 bits per heavy atom. The second kappa shape index (κ2) is 12.3. The lowest BCUT2D eigenvalue weighted by molar-refractivity contribution is -0.284. The van der Waals surface area contributed by atoms with Crippen LogP contribution in [0.1, 0.15) is 75.3 Å². The molecule has 3 fully saturated rings. The Kier molecular flexibility index (Phi) is 9.18. The van der Waals surface area contributed by atoms with Crippen molar-refractivity contribution in [2.75, 3.05) is 18.1 Å². The molecule has 5 rings (SSSR count). The highest BCUT2D eigenvalue weighted by molar-refractivity contribution is 7.84. The number of aromatic hydroxyl groups is 1. The number of hydrogen-bond donors (Lipinski definition) is 2. The van der Waals surface area contributed by atoms with Crippen LogP contribution in [0.25, 0.3) is 0 Å². The summed E-state index contributed by atoms with van der Waals surface area (Å²) in [5, 5.41) is 20.9. The maximum Gasteiger partial charge on any atom is 0.453 e. The molecule has 0 aromatic heterocycles. The molecule has 7 unspecified atom stereocenters. The Balaban J connectivity index is 1.10. The van der Waals surface area contributed by atoms with Crippen molar-refractivity contribution in [3.63, 3.8) is 0 Å². The number of phenols is 1. The zero-order chi connectivity index (χ0) is 31.0. The summed E-state index contributed by atoms with van der Waals surface area (Å²) in [6.07, 6.45) is -3.37. The van der Waals surface area contributed by atoms with Crippen LogP contribution in [0.3, 0.4) is 0 Å². The molecule has 2 N–H and O–H groups in total. The number of alkyl halides is 5. The van der Waals surface area contributed by atoms with E-state index in [0.717, 1.165) is 30.4 Å². The molecule has 7 atom stereocenters. The molecule has 5 nitrogen and oxygen atoms in total. The number of aliphatic hydroxyl groups is 1. The number of fused-ring (bicyclic) bond motifs is 2. The van der Waals surface area contributed by atoms with E-state index in [2.05, 4.69) is 6.92 Å². The van der Waals surface area contributed by atoms with Crippen molar-refractivity contribution in [2.24, 2.45) is 11.3 Å². The van der Waals surface area contributed by atoms with Gasteiger partial charge in [0.2, 0.25) is 0 Å². The average molecular weight is 631 g/mol. The van der Waals surface area contributed by atoms with Crippen molar-refractivity contribution in [2.45, 2.75) is 94.1 Å². The number of aliphatic hydroxyl groups excluding tert-OH is 1. The maximum atomic E-state index is 13.0. The van der Waals surface area contributed by atoms with Crippen molar-refractivity contribution in [1.29, 1.82) is 0 Å². The molecule has 1 saturated heterocycles. The molecule has 0 bridgehead atoms. The summed E-state index contributed by atoms with van der Waals surface area (Å²) in [5.74, 6) is -3.46. The van der Waals surface area contributed by atoms with Crippen LogP contribution in [0.2, 0.25) is 0 Å². The molecule has 1 heterocycles. The molecule has 2 saturated carbocycles. The molecule has 11 heteroatoms. The summed E-state index contributed by atoms with van der Waals surface area (Å²) in [4.78, 5) is 0. The van der Waals surface area contributed by atoms with Gasteiger partial charge in [0.15, 0.2) is 0 Å². The average Bonchev–Trinajstić information content (AvgIpc) is 3.60.